The molecule has 0 radical (unpaired) electrons. The van der Waals surface area contributed by atoms with Crippen molar-refractivity contribution in [1.29, 1.82) is 0 Å². The van der Waals surface area contributed by atoms with Crippen molar-refractivity contribution in [2.24, 2.45) is 5.73 Å². The van der Waals surface area contributed by atoms with E-state index in [1.807, 2.05) is 0 Å². The lowest BCUT2D eigenvalue weighted by atomic mass is 10.3. The van der Waals surface area contributed by atoms with Crippen molar-refractivity contribution in [2.75, 3.05) is 11.3 Å². The molecule has 0 aliphatic carbocycles. The summed E-state index contributed by atoms with van der Waals surface area (Å²) in [5, 5.41) is 7.11. The summed E-state index contributed by atoms with van der Waals surface area (Å²) < 4.78 is 26.4. The van der Waals surface area contributed by atoms with Crippen molar-refractivity contribution < 1.29 is 8.42 Å². The maximum atomic E-state index is 12.0. The maximum absolute atomic E-state index is 12.0. The van der Waals surface area contributed by atoms with Gasteiger partial charge in [-0.05, 0) is 25.1 Å². The zero-order chi connectivity index (χ0) is 13.0. The average Bonchev–Trinajstić information content (AvgIpc) is 2.80. The molecule has 7 nitrogen and oxygen atoms in total. The standard InChI is InChI=1S/C9H11N5O2S2/c10-4-3-7-1-2-8(17-7)18(15,16)14-9-11-5-6-12-13-9/h1-2,5-6H,3-4,10H2,(H,11,13,14). The van der Waals surface area contributed by atoms with E-state index in [2.05, 4.69) is 19.9 Å². The highest BCUT2D eigenvalue weighted by atomic mass is 32.2. The third-order valence-electron chi connectivity index (χ3n) is 2.00. The molecule has 0 bridgehead atoms. The van der Waals surface area contributed by atoms with Gasteiger partial charge in [-0.2, -0.15) is 5.10 Å². The quantitative estimate of drug-likeness (QED) is 0.813. The van der Waals surface area contributed by atoms with E-state index in [4.69, 9.17) is 5.73 Å². The number of rotatable bonds is 5. The summed E-state index contributed by atoms with van der Waals surface area (Å²) in [5.74, 6) is -0.0497. The third kappa shape index (κ3) is 3.00. The molecule has 0 atom stereocenters. The smallest absolute Gasteiger partial charge is 0.273 e. The first-order valence-electron chi connectivity index (χ1n) is 5.07. The molecule has 18 heavy (non-hydrogen) atoms. The molecule has 96 valence electrons. The molecule has 0 saturated heterocycles. The first-order valence-corrected chi connectivity index (χ1v) is 7.37. The van der Waals surface area contributed by atoms with E-state index < -0.39 is 10.0 Å². The SMILES string of the molecule is NCCc1ccc(S(=O)(=O)Nc2nccnn2)s1. The Morgan fingerprint density at radius 3 is 2.83 bits per heavy atom. The van der Waals surface area contributed by atoms with Crippen LogP contribution in [0.25, 0.3) is 0 Å². The van der Waals surface area contributed by atoms with Crippen LogP contribution in [0.3, 0.4) is 0 Å². The second-order valence-electron chi connectivity index (χ2n) is 3.33. The normalized spacial score (nSPS) is 11.4. The van der Waals surface area contributed by atoms with E-state index in [1.165, 1.54) is 29.8 Å². The summed E-state index contributed by atoms with van der Waals surface area (Å²) >= 11 is 1.18. The number of nitrogens with one attached hydrogen (secondary N) is 1. The molecule has 2 aromatic rings. The molecule has 2 aromatic heterocycles. The Morgan fingerprint density at radius 2 is 2.17 bits per heavy atom. The van der Waals surface area contributed by atoms with Crippen LogP contribution < -0.4 is 10.5 Å². The molecule has 0 amide bonds. The van der Waals surface area contributed by atoms with Gasteiger partial charge in [0.1, 0.15) is 4.21 Å². The summed E-state index contributed by atoms with van der Waals surface area (Å²) in [6.45, 7) is 0.485. The van der Waals surface area contributed by atoms with Gasteiger partial charge in [-0.3, -0.25) is 0 Å². The number of hydrogen-bond donors (Lipinski definition) is 2. The van der Waals surface area contributed by atoms with E-state index in [0.717, 1.165) is 4.88 Å². The molecule has 2 rings (SSSR count). The van der Waals surface area contributed by atoms with Gasteiger partial charge in [0.25, 0.3) is 16.0 Å². The largest absolute Gasteiger partial charge is 0.330 e. The first kappa shape index (κ1) is 12.9. The Balaban J connectivity index is 2.20. The number of hydrogen-bond acceptors (Lipinski definition) is 7. The van der Waals surface area contributed by atoms with Gasteiger partial charge in [0.05, 0.1) is 12.4 Å². The number of sulfonamides is 1. The van der Waals surface area contributed by atoms with Crippen molar-refractivity contribution in [3.8, 4) is 0 Å². The molecule has 9 heteroatoms. The molecule has 0 saturated carbocycles. The lowest BCUT2D eigenvalue weighted by Crippen LogP contribution is -2.14. The Morgan fingerprint density at radius 1 is 1.33 bits per heavy atom. The fourth-order valence-electron chi connectivity index (χ4n) is 1.24. The number of nitrogens with zero attached hydrogens (tertiary/aromatic N) is 3. The topological polar surface area (TPSA) is 111 Å². The van der Waals surface area contributed by atoms with E-state index in [9.17, 15) is 8.42 Å². The Labute approximate surface area is 108 Å². The second kappa shape index (κ2) is 5.38. The molecule has 2 heterocycles. The zero-order valence-corrected chi connectivity index (χ0v) is 10.9. The van der Waals surface area contributed by atoms with Gasteiger partial charge in [0.15, 0.2) is 0 Å². The molecule has 0 aliphatic heterocycles. The Kier molecular flexibility index (Phi) is 3.84. The van der Waals surface area contributed by atoms with Crippen molar-refractivity contribution >= 4 is 27.3 Å². The van der Waals surface area contributed by atoms with Crippen LogP contribution in [0.1, 0.15) is 4.88 Å². The van der Waals surface area contributed by atoms with Crippen LogP contribution >= 0.6 is 11.3 Å². The van der Waals surface area contributed by atoms with Gasteiger partial charge in [0, 0.05) is 4.88 Å². The Bertz CT molecular complexity index is 611. The molecule has 3 N–H and O–H groups in total. The average molecular weight is 285 g/mol. The summed E-state index contributed by atoms with van der Waals surface area (Å²) in [6, 6.07) is 3.28. The monoisotopic (exact) mass is 285 g/mol. The van der Waals surface area contributed by atoms with E-state index in [0.29, 0.717) is 13.0 Å². The van der Waals surface area contributed by atoms with Crippen LogP contribution in [0.5, 0.6) is 0 Å². The Hall–Kier alpha value is -1.58. The van der Waals surface area contributed by atoms with Crippen LogP contribution in [0.15, 0.2) is 28.7 Å². The lowest BCUT2D eigenvalue weighted by molar-refractivity contribution is 0.602. The van der Waals surface area contributed by atoms with Crippen LogP contribution in [0.2, 0.25) is 0 Å². The minimum atomic E-state index is -3.65. The highest BCUT2D eigenvalue weighted by Crippen LogP contribution is 2.23. The van der Waals surface area contributed by atoms with Gasteiger partial charge < -0.3 is 5.73 Å². The van der Waals surface area contributed by atoms with E-state index >= 15 is 0 Å². The van der Waals surface area contributed by atoms with Crippen molar-refractivity contribution in [2.45, 2.75) is 10.6 Å². The summed E-state index contributed by atoms with van der Waals surface area (Å²) in [7, 11) is -3.65. The fraction of sp³-hybridized carbons (Fsp3) is 0.222. The van der Waals surface area contributed by atoms with Gasteiger partial charge in [-0.1, -0.05) is 0 Å². The predicted molar refractivity (Wildman–Crippen MR) is 67.7 cm³/mol. The van der Waals surface area contributed by atoms with Gasteiger partial charge in [-0.25, -0.2) is 18.1 Å². The molecule has 0 aliphatic rings. The zero-order valence-electron chi connectivity index (χ0n) is 9.28. The first-order chi connectivity index (χ1) is 8.62. The highest BCUT2D eigenvalue weighted by Gasteiger charge is 2.18. The fourth-order valence-corrected chi connectivity index (χ4v) is 3.56. The molecule has 0 spiro atoms. The van der Waals surface area contributed by atoms with Crippen molar-refractivity contribution in [1.82, 2.24) is 15.2 Å². The van der Waals surface area contributed by atoms with Crippen molar-refractivity contribution in [3.05, 3.63) is 29.4 Å². The summed E-state index contributed by atoms with van der Waals surface area (Å²) in [5.41, 5.74) is 5.42. The molecular formula is C9H11N5O2S2. The van der Waals surface area contributed by atoms with Crippen LogP contribution in [-0.4, -0.2) is 30.1 Å². The van der Waals surface area contributed by atoms with Gasteiger partial charge in [-0.15, -0.1) is 16.4 Å². The number of nitrogens with two attached hydrogens (primary N) is 1. The lowest BCUT2D eigenvalue weighted by Gasteiger charge is -2.02. The number of aromatic nitrogens is 3. The van der Waals surface area contributed by atoms with Crippen molar-refractivity contribution in [3.63, 3.8) is 0 Å². The highest BCUT2D eigenvalue weighted by molar-refractivity contribution is 7.94. The van der Waals surface area contributed by atoms with Crippen LogP contribution in [-0.2, 0) is 16.4 Å². The minimum Gasteiger partial charge on any atom is -0.330 e. The molecule has 0 fully saturated rings. The maximum Gasteiger partial charge on any atom is 0.273 e. The van der Waals surface area contributed by atoms with E-state index in [-0.39, 0.29) is 10.2 Å². The molecule has 0 aromatic carbocycles. The van der Waals surface area contributed by atoms with Gasteiger partial charge >= 0.3 is 0 Å². The van der Waals surface area contributed by atoms with Crippen LogP contribution in [0, 0.1) is 0 Å². The number of thiophene rings is 1. The second-order valence-corrected chi connectivity index (χ2v) is 6.41. The number of anilines is 1. The predicted octanol–water partition coefficient (Wildman–Crippen LogP) is 0.235. The molecular weight excluding hydrogens is 274 g/mol. The third-order valence-corrected chi connectivity index (χ3v) is 4.97. The van der Waals surface area contributed by atoms with Crippen LogP contribution in [0.4, 0.5) is 5.95 Å². The summed E-state index contributed by atoms with van der Waals surface area (Å²) in [6.07, 6.45) is 3.38. The summed E-state index contributed by atoms with van der Waals surface area (Å²) in [4.78, 5) is 4.67. The van der Waals surface area contributed by atoms with Gasteiger partial charge in [0.2, 0.25) is 0 Å². The molecule has 0 unspecified atom stereocenters. The minimum absolute atomic E-state index is 0.0497. The van der Waals surface area contributed by atoms with E-state index in [1.54, 1.807) is 6.07 Å².